The van der Waals surface area contributed by atoms with Gasteiger partial charge in [0.15, 0.2) is 0 Å². The molecular weight excluding hydrogens is 88.1 g/mol. The molecule has 1 saturated heterocycles. The van der Waals surface area contributed by atoms with Crippen LogP contribution in [0.15, 0.2) is 11.9 Å². The predicted octanol–water partition coefficient (Wildman–Crippen LogP) is 0.185. The molecule has 0 aromatic carbocycles. The third-order valence-electron chi connectivity index (χ3n) is 1.10. The average Bonchev–Trinajstić information content (AvgIpc) is 2.14. The van der Waals surface area contributed by atoms with Crippen molar-refractivity contribution in [3.8, 4) is 0 Å². The molecule has 1 aliphatic rings. The van der Waals surface area contributed by atoms with Gasteiger partial charge >= 0.3 is 0 Å². The highest BCUT2D eigenvalue weighted by molar-refractivity contribution is 5.00. The van der Waals surface area contributed by atoms with E-state index in [4.69, 9.17) is 5.73 Å². The van der Waals surface area contributed by atoms with Crippen LogP contribution in [0.4, 0.5) is 0 Å². The van der Waals surface area contributed by atoms with Crippen LogP contribution < -0.4 is 11.1 Å². The molecule has 0 aromatic heterocycles. The second kappa shape index (κ2) is 1.87. The molecule has 0 saturated carbocycles. The topological polar surface area (TPSA) is 40.1 Å². The Morgan fingerprint density at radius 3 is 2.86 bits per heavy atom. The van der Waals surface area contributed by atoms with Crippen LogP contribution in [-0.2, 0) is 0 Å². The number of rotatable bonds is 0. The van der Waals surface area contributed by atoms with E-state index in [9.17, 15) is 0 Å². The summed E-state index contributed by atoms with van der Waals surface area (Å²) >= 11 is 0. The van der Waals surface area contributed by atoms with Gasteiger partial charge in [-0.2, -0.15) is 0 Å². The van der Waals surface area contributed by atoms with Crippen LogP contribution in [0.1, 0.15) is 12.8 Å². The maximum atomic E-state index is 5.18. The van der Waals surface area contributed by atoms with E-state index < -0.39 is 0 Å². The maximum absolute atomic E-state index is 5.18. The molecule has 2 nitrogen and oxygen atoms in total. The monoisotopic (exact) mass is 97.1 g/mol. The second-order valence-electron chi connectivity index (χ2n) is 1.64. The van der Waals surface area contributed by atoms with Gasteiger partial charge in [-0.3, -0.25) is 5.32 Å². The van der Waals surface area contributed by atoms with Crippen molar-refractivity contribution >= 4 is 0 Å². The van der Waals surface area contributed by atoms with E-state index in [-0.39, 0.29) is 0 Å². The van der Waals surface area contributed by atoms with Crippen molar-refractivity contribution in [2.75, 3.05) is 6.54 Å². The molecule has 1 radical (unpaired) electrons. The van der Waals surface area contributed by atoms with Gasteiger partial charge in [-0.15, -0.1) is 0 Å². The molecule has 1 heterocycles. The van der Waals surface area contributed by atoms with Crippen molar-refractivity contribution < 1.29 is 0 Å². The van der Waals surface area contributed by atoms with Gasteiger partial charge in [0.2, 0.25) is 0 Å². The van der Waals surface area contributed by atoms with Crippen LogP contribution in [0, 0.1) is 0 Å². The summed E-state index contributed by atoms with van der Waals surface area (Å²) in [5, 5.41) is 4.09. The van der Waals surface area contributed by atoms with Crippen molar-refractivity contribution in [3.63, 3.8) is 0 Å². The number of nitrogens with two attached hydrogens (primary N) is 1. The molecule has 2 heteroatoms. The summed E-state index contributed by atoms with van der Waals surface area (Å²) in [6.07, 6.45) is 3.85. The average molecular weight is 97.1 g/mol. The molecule has 39 valence electrons. The standard InChI is InChI=1S/C5H9N2/c6-4-5-2-1-3-7-5/h4H,1-3,6H2/b5-4-. The summed E-state index contributed by atoms with van der Waals surface area (Å²) in [6, 6.07) is 0. The molecule has 0 bridgehead atoms. The van der Waals surface area contributed by atoms with Gasteiger partial charge in [0.1, 0.15) is 0 Å². The van der Waals surface area contributed by atoms with Gasteiger partial charge in [-0.1, -0.05) is 0 Å². The largest absolute Gasteiger partial charge is 0.403 e. The minimum Gasteiger partial charge on any atom is -0.403 e. The van der Waals surface area contributed by atoms with E-state index in [1.807, 2.05) is 0 Å². The minimum atomic E-state index is 0.975. The maximum Gasteiger partial charge on any atom is 0.0503 e. The Morgan fingerprint density at radius 2 is 2.57 bits per heavy atom. The molecule has 0 unspecified atom stereocenters. The van der Waals surface area contributed by atoms with Crippen molar-refractivity contribution in [2.24, 2.45) is 5.73 Å². The summed E-state index contributed by atoms with van der Waals surface area (Å²) in [7, 11) is 0. The first-order valence-electron chi connectivity index (χ1n) is 2.52. The Morgan fingerprint density at radius 1 is 1.71 bits per heavy atom. The van der Waals surface area contributed by atoms with Crippen LogP contribution in [-0.4, -0.2) is 6.54 Å². The molecule has 1 fully saturated rings. The Bertz CT molecular complexity index is 78.1. The van der Waals surface area contributed by atoms with Gasteiger partial charge in [0.05, 0.1) is 5.70 Å². The first-order valence-corrected chi connectivity index (χ1v) is 2.52. The molecule has 1 rings (SSSR count). The molecule has 1 aliphatic heterocycles. The minimum absolute atomic E-state index is 0.975. The molecule has 0 aliphatic carbocycles. The van der Waals surface area contributed by atoms with Crippen molar-refractivity contribution in [1.82, 2.24) is 5.32 Å². The first kappa shape index (κ1) is 4.50. The van der Waals surface area contributed by atoms with E-state index in [1.165, 1.54) is 6.42 Å². The van der Waals surface area contributed by atoms with Crippen molar-refractivity contribution in [2.45, 2.75) is 12.8 Å². The molecule has 2 N–H and O–H groups in total. The Balaban J connectivity index is 2.41. The van der Waals surface area contributed by atoms with Gasteiger partial charge in [0.25, 0.3) is 0 Å². The fourth-order valence-electron chi connectivity index (χ4n) is 0.698. The van der Waals surface area contributed by atoms with Crippen LogP contribution in [0.3, 0.4) is 0 Å². The van der Waals surface area contributed by atoms with Crippen LogP contribution in [0.5, 0.6) is 0 Å². The van der Waals surface area contributed by atoms with Crippen LogP contribution >= 0.6 is 0 Å². The molecule has 7 heavy (non-hydrogen) atoms. The quantitative estimate of drug-likeness (QED) is 0.460. The van der Waals surface area contributed by atoms with E-state index in [2.05, 4.69) is 5.32 Å². The van der Waals surface area contributed by atoms with Crippen molar-refractivity contribution in [1.29, 1.82) is 0 Å². The lowest BCUT2D eigenvalue weighted by molar-refractivity contribution is 0.888. The highest BCUT2D eigenvalue weighted by atomic mass is 14.9. The lowest BCUT2D eigenvalue weighted by atomic mass is 10.3. The molecule has 0 atom stereocenters. The zero-order valence-electron chi connectivity index (χ0n) is 4.22. The molecule has 0 amide bonds. The number of allylic oxidation sites excluding steroid dienone is 1. The molecular formula is C5H9N2. The summed E-state index contributed by atoms with van der Waals surface area (Å²) < 4.78 is 0. The van der Waals surface area contributed by atoms with Crippen LogP contribution in [0.2, 0.25) is 0 Å². The number of hydrogen-bond acceptors (Lipinski definition) is 1. The van der Waals surface area contributed by atoms with E-state index in [0.29, 0.717) is 0 Å². The Kier molecular flexibility index (Phi) is 1.20. The highest BCUT2D eigenvalue weighted by Gasteiger charge is 2.04. The fourth-order valence-corrected chi connectivity index (χ4v) is 0.698. The van der Waals surface area contributed by atoms with Gasteiger partial charge in [-0.05, 0) is 12.8 Å². The lowest BCUT2D eigenvalue weighted by Crippen LogP contribution is -1.95. The predicted molar refractivity (Wildman–Crippen MR) is 28.5 cm³/mol. The van der Waals surface area contributed by atoms with E-state index in [0.717, 1.165) is 18.7 Å². The Hall–Kier alpha value is -0.660. The lowest BCUT2D eigenvalue weighted by Gasteiger charge is -1.86. The first-order chi connectivity index (χ1) is 3.43. The zero-order chi connectivity index (χ0) is 5.11. The van der Waals surface area contributed by atoms with E-state index >= 15 is 0 Å². The summed E-state index contributed by atoms with van der Waals surface area (Å²) in [4.78, 5) is 0. The fraction of sp³-hybridized carbons (Fsp3) is 0.600. The highest BCUT2D eigenvalue weighted by Crippen LogP contribution is 2.07. The molecule has 0 aromatic rings. The molecule has 0 spiro atoms. The normalized spacial score (nSPS) is 25.4. The number of nitrogens with zero attached hydrogens (tertiary/aromatic N) is 1. The third-order valence-corrected chi connectivity index (χ3v) is 1.10. The third kappa shape index (κ3) is 0.856. The summed E-state index contributed by atoms with van der Waals surface area (Å²) in [6.45, 7) is 0.975. The zero-order valence-corrected chi connectivity index (χ0v) is 4.22. The SMILES string of the molecule is N/C=C1/CCC[N]1. The number of hydrogen-bond donors (Lipinski definition) is 1. The summed E-state index contributed by atoms with van der Waals surface area (Å²) in [5.41, 5.74) is 6.25. The van der Waals surface area contributed by atoms with Crippen LogP contribution in [0.25, 0.3) is 0 Å². The Labute approximate surface area is 43.4 Å². The smallest absolute Gasteiger partial charge is 0.0503 e. The van der Waals surface area contributed by atoms with Gasteiger partial charge in [0, 0.05) is 12.7 Å². The second-order valence-corrected chi connectivity index (χ2v) is 1.64. The van der Waals surface area contributed by atoms with Gasteiger partial charge in [-0.25, -0.2) is 0 Å². The van der Waals surface area contributed by atoms with Gasteiger partial charge < -0.3 is 5.73 Å². The van der Waals surface area contributed by atoms with E-state index in [1.54, 1.807) is 6.20 Å². The van der Waals surface area contributed by atoms with Crippen molar-refractivity contribution in [3.05, 3.63) is 11.9 Å². The summed E-state index contributed by atoms with van der Waals surface area (Å²) in [5.74, 6) is 0.